The maximum Gasteiger partial charge on any atom is 0.194 e. The number of benzene rings is 2. The summed E-state index contributed by atoms with van der Waals surface area (Å²) in [4.78, 5) is 7.46. The van der Waals surface area contributed by atoms with E-state index in [2.05, 4.69) is 43.9 Å². The second-order valence-electron chi connectivity index (χ2n) is 7.81. The zero-order valence-corrected chi connectivity index (χ0v) is 18.0. The molecule has 4 aromatic rings. The largest absolute Gasteiger partial charge is 0.343 e. The van der Waals surface area contributed by atoms with Crippen LogP contribution in [0.15, 0.2) is 53.7 Å². The minimum Gasteiger partial charge on any atom is -0.343 e. The number of thioether (sulfide) groups is 1. The molecule has 2 aliphatic rings. The number of hydrogen-bond acceptors (Lipinski definition) is 5. The molecule has 0 saturated heterocycles. The molecule has 0 amide bonds. The zero-order valence-electron chi connectivity index (χ0n) is 16.4. The minimum absolute atomic E-state index is 0.708. The van der Waals surface area contributed by atoms with Crippen molar-refractivity contribution in [2.45, 2.75) is 37.5 Å². The molecule has 0 saturated carbocycles. The van der Waals surface area contributed by atoms with Crippen LogP contribution in [0.2, 0.25) is 5.02 Å². The fourth-order valence-electron chi connectivity index (χ4n) is 4.55. The Morgan fingerprint density at radius 3 is 2.80 bits per heavy atom. The molecule has 150 valence electrons. The Bertz CT molecular complexity index is 1270. The molecule has 5 nitrogen and oxygen atoms in total. The lowest BCUT2D eigenvalue weighted by Gasteiger charge is -2.33. The maximum absolute atomic E-state index is 6.23. The van der Waals surface area contributed by atoms with Gasteiger partial charge in [0.2, 0.25) is 0 Å². The van der Waals surface area contributed by atoms with E-state index in [-0.39, 0.29) is 0 Å². The third-order valence-corrected chi connectivity index (χ3v) is 7.15. The number of anilines is 1. The SMILES string of the molecule is Clc1cccc(-c2nnc3n2CN(c2c4c(nc5ccccc25)CCCC4)CS3)c1. The zero-order chi connectivity index (χ0) is 20.1. The Kier molecular flexibility index (Phi) is 4.43. The molecule has 0 N–H and O–H groups in total. The molecule has 7 heteroatoms. The lowest BCUT2D eigenvalue weighted by atomic mass is 9.92. The smallest absolute Gasteiger partial charge is 0.194 e. The molecular weight excluding hydrogens is 414 g/mol. The monoisotopic (exact) mass is 433 g/mol. The Hall–Kier alpha value is -2.57. The first kappa shape index (κ1) is 18.2. The third-order valence-electron chi connectivity index (χ3n) is 5.92. The summed E-state index contributed by atoms with van der Waals surface area (Å²) in [7, 11) is 0. The number of nitrogens with zero attached hydrogens (tertiary/aromatic N) is 5. The summed E-state index contributed by atoms with van der Waals surface area (Å²) >= 11 is 7.97. The molecule has 2 aromatic carbocycles. The van der Waals surface area contributed by atoms with Gasteiger partial charge in [0.05, 0.1) is 23.7 Å². The quantitative estimate of drug-likeness (QED) is 0.414. The number of aromatic nitrogens is 4. The van der Waals surface area contributed by atoms with Gasteiger partial charge in [-0.2, -0.15) is 0 Å². The van der Waals surface area contributed by atoms with Crippen molar-refractivity contribution < 1.29 is 0 Å². The van der Waals surface area contributed by atoms with Crippen molar-refractivity contribution >= 4 is 40.0 Å². The van der Waals surface area contributed by atoms with E-state index in [9.17, 15) is 0 Å². The van der Waals surface area contributed by atoms with E-state index in [0.29, 0.717) is 5.02 Å². The molecule has 30 heavy (non-hydrogen) atoms. The number of fused-ring (bicyclic) bond motifs is 3. The molecule has 0 spiro atoms. The molecule has 0 fully saturated rings. The first-order valence-corrected chi connectivity index (χ1v) is 11.6. The van der Waals surface area contributed by atoms with Gasteiger partial charge in [-0.3, -0.25) is 9.55 Å². The number of halogens is 1. The van der Waals surface area contributed by atoms with E-state index < -0.39 is 0 Å². The van der Waals surface area contributed by atoms with Crippen LogP contribution in [-0.2, 0) is 19.5 Å². The van der Waals surface area contributed by atoms with Crippen LogP contribution in [0.3, 0.4) is 0 Å². The van der Waals surface area contributed by atoms with Crippen molar-refractivity contribution in [3.05, 3.63) is 64.8 Å². The Morgan fingerprint density at radius 2 is 1.87 bits per heavy atom. The lowest BCUT2D eigenvalue weighted by molar-refractivity contribution is 0.601. The van der Waals surface area contributed by atoms with Crippen molar-refractivity contribution in [2.75, 3.05) is 10.8 Å². The van der Waals surface area contributed by atoms with Crippen LogP contribution in [0, 0.1) is 0 Å². The lowest BCUT2D eigenvalue weighted by Crippen LogP contribution is -2.32. The average Bonchev–Trinajstić information content (AvgIpc) is 3.20. The summed E-state index contributed by atoms with van der Waals surface area (Å²) in [5, 5.41) is 11.8. The summed E-state index contributed by atoms with van der Waals surface area (Å²) in [6.07, 6.45) is 4.62. The van der Waals surface area contributed by atoms with E-state index in [1.165, 1.54) is 35.2 Å². The average molecular weight is 434 g/mol. The van der Waals surface area contributed by atoms with Gasteiger partial charge in [0.25, 0.3) is 0 Å². The van der Waals surface area contributed by atoms with Gasteiger partial charge in [0.1, 0.15) is 0 Å². The molecule has 6 rings (SSSR count). The minimum atomic E-state index is 0.708. The van der Waals surface area contributed by atoms with Crippen LogP contribution in [0.5, 0.6) is 0 Å². The molecule has 2 aromatic heterocycles. The van der Waals surface area contributed by atoms with Gasteiger partial charge in [-0.15, -0.1) is 10.2 Å². The van der Waals surface area contributed by atoms with Crippen molar-refractivity contribution in [2.24, 2.45) is 0 Å². The Morgan fingerprint density at radius 1 is 0.967 bits per heavy atom. The highest BCUT2D eigenvalue weighted by molar-refractivity contribution is 7.99. The molecule has 0 atom stereocenters. The molecule has 3 heterocycles. The highest BCUT2D eigenvalue weighted by atomic mass is 35.5. The molecular formula is C23H20ClN5S. The number of rotatable bonds is 2. The van der Waals surface area contributed by atoms with Gasteiger partial charge in [0, 0.05) is 21.7 Å². The number of aryl methyl sites for hydroxylation is 1. The Labute approximate surface area is 184 Å². The van der Waals surface area contributed by atoms with Crippen molar-refractivity contribution in [1.82, 2.24) is 19.7 Å². The van der Waals surface area contributed by atoms with Gasteiger partial charge < -0.3 is 4.90 Å². The van der Waals surface area contributed by atoms with Gasteiger partial charge in [-0.1, -0.05) is 53.7 Å². The predicted molar refractivity (Wildman–Crippen MR) is 122 cm³/mol. The summed E-state index contributed by atoms with van der Waals surface area (Å²) < 4.78 is 2.20. The summed E-state index contributed by atoms with van der Waals surface area (Å²) in [6.45, 7) is 0.720. The van der Waals surface area contributed by atoms with E-state index in [1.807, 2.05) is 24.3 Å². The van der Waals surface area contributed by atoms with E-state index in [1.54, 1.807) is 11.8 Å². The number of hydrogen-bond donors (Lipinski definition) is 0. The fourth-order valence-corrected chi connectivity index (χ4v) is 5.63. The third kappa shape index (κ3) is 2.97. The van der Waals surface area contributed by atoms with Crippen LogP contribution in [0.1, 0.15) is 24.1 Å². The van der Waals surface area contributed by atoms with Gasteiger partial charge in [0.15, 0.2) is 11.0 Å². The first-order chi connectivity index (χ1) is 14.8. The fraction of sp³-hybridized carbons (Fsp3) is 0.261. The van der Waals surface area contributed by atoms with E-state index in [4.69, 9.17) is 16.6 Å². The number of pyridine rings is 1. The van der Waals surface area contributed by atoms with Crippen LogP contribution < -0.4 is 4.90 Å². The molecule has 0 unspecified atom stereocenters. The molecule has 1 aliphatic carbocycles. The second kappa shape index (κ2) is 7.29. The highest BCUT2D eigenvalue weighted by Crippen LogP contribution is 2.40. The van der Waals surface area contributed by atoms with E-state index >= 15 is 0 Å². The van der Waals surface area contributed by atoms with Crippen LogP contribution in [-0.4, -0.2) is 25.6 Å². The molecule has 0 radical (unpaired) electrons. The summed E-state index contributed by atoms with van der Waals surface area (Å²) in [5.74, 6) is 1.71. The van der Waals surface area contributed by atoms with Crippen molar-refractivity contribution in [1.29, 1.82) is 0 Å². The van der Waals surface area contributed by atoms with E-state index in [0.717, 1.165) is 47.4 Å². The molecule has 0 bridgehead atoms. The van der Waals surface area contributed by atoms with Crippen molar-refractivity contribution in [3.63, 3.8) is 0 Å². The highest BCUT2D eigenvalue weighted by Gasteiger charge is 2.27. The maximum atomic E-state index is 6.23. The van der Waals surface area contributed by atoms with Gasteiger partial charge in [-0.05, 0) is 49.4 Å². The summed E-state index contributed by atoms with van der Waals surface area (Å²) in [5.41, 5.74) is 6.10. The van der Waals surface area contributed by atoms with Crippen LogP contribution >= 0.6 is 23.4 Å². The normalized spacial score (nSPS) is 15.8. The second-order valence-corrected chi connectivity index (χ2v) is 9.16. The summed E-state index contributed by atoms with van der Waals surface area (Å²) in [6, 6.07) is 16.4. The number of para-hydroxylation sites is 1. The van der Waals surface area contributed by atoms with Crippen LogP contribution in [0.25, 0.3) is 22.3 Å². The van der Waals surface area contributed by atoms with Crippen LogP contribution in [0.4, 0.5) is 5.69 Å². The molecule has 1 aliphatic heterocycles. The van der Waals surface area contributed by atoms with Gasteiger partial charge in [-0.25, -0.2) is 0 Å². The standard InChI is InChI=1S/C23H20ClN5S/c24-16-7-5-6-15(12-16)22-26-27-23-29(22)13-28(14-30-23)21-17-8-1-3-10-19(17)25-20-11-4-2-9-18(20)21/h1,3,5-8,10,12H,2,4,9,11,13-14H2. The first-order valence-electron chi connectivity index (χ1n) is 10.3. The van der Waals surface area contributed by atoms with Gasteiger partial charge >= 0.3 is 0 Å². The van der Waals surface area contributed by atoms with Crippen molar-refractivity contribution in [3.8, 4) is 11.4 Å². The Balaban J connectivity index is 1.48. The topological polar surface area (TPSA) is 46.8 Å². The predicted octanol–water partition coefficient (Wildman–Crippen LogP) is 5.55.